The smallest absolute Gasteiger partial charge is 0.152 e. The number of aromatic nitrogens is 1. The maximum atomic E-state index is 5.99. The van der Waals surface area contributed by atoms with E-state index in [1.54, 1.807) is 23.1 Å². The Hall–Kier alpha value is -1.00. The highest BCUT2D eigenvalue weighted by Crippen LogP contribution is 2.35. The van der Waals surface area contributed by atoms with E-state index in [0.29, 0.717) is 0 Å². The highest BCUT2D eigenvalue weighted by molar-refractivity contribution is 8.01. The predicted octanol–water partition coefficient (Wildman–Crippen LogP) is 3.89. The lowest BCUT2D eigenvalue weighted by Gasteiger charge is -1.96. The van der Waals surface area contributed by atoms with Gasteiger partial charge in [-0.1, -0.05) is 60.4 Å². The van der Waals surface area contributed by atoms with Crippen LogP contribution < -0.4 is 5.73 Å². The Morgan fingerprint density at radius 3 is 2.75 bits per heavy atom. The number of hydrogen-bond donors (Lipinski definition) is 1. The average molecular weight is 250 g/mol. The Bertz CT molecular complexity index is 451. The summed E-state index contributed by atoms with van der Waals surface area (Å²) in [7, 11) is 0. The van der Waals surface area contributed by atoms with E-state index in [0.717, 1.165) is 32.8 Å². The Morgan fingerprint density at radius 2 is 2.06 bits per heavy atom. The molecule has 1 heterocycles. The molecule has 0 aliphatic rings. The van der Waals surface area contributed by atoms with Crippen LogP contribution in [0.25, 0.3) is 11.3 Å². The van der Waals surface area contributed by atoms with Gasteiger partial charge in [-0.2, -0.15) is 0 Å². The molecule has 0 atom stereocenters. The maximum Gasteiger partial charge on any atom is 0.152 e. The van der Waals surface area contributed by atoms with Gasteiger partial charge < -0.3 is 5.73 Å². The monoisotopic (exact) mass is 250 g/mol. The normalized spacial score (nSPS) is 10.6. The minimum atomic E-state index is 0.810. The molecule has 2 aromatic rings. The standard InChI is InChI=1S/C12H14N2S2/c1-2-8-15-12-14-10(11(13)16-12)9-6-4-3-5-7-9/h3-7H,2,8,13H2,1H3. The minimum absolute atomic E-state index is 0.810. The fourth-order valence-corrected chi connectivity index (χ4v) is 3.24. The summed E-state index contributed by atoms with van der Waals surface area (Å²) < 4.78 is 1.07. The topological polar surface area (TPSA) is 38.9 Å². The van der Waals surface area contributed by atoms with E-state index in [9.17, 15) is 0 Å². The average Bonchev–Trinajstić information content (AvgIpc) is 2.69. The molecule has 0 fully saturated rings. The van der Waals surface area contributed by atoms with E-state index >= 15 is 0 Å². The van der Waals surface area contributed by atoms with Gasteiger partial charge in [0.25, 0.3) is 0 Å². The summed E-state index contributed by atoms with van der Waals surface area (Å²) in [4.78, 5) is 4.57. The van der Waals surface area contributed by atoms with Crippen LogP contribution in [0.2, 0.25) is 0 Å². The number of hydrogen-bond acceptors (Lipinski definition) is 4. The number of rotatable bonds is 4. The molecule has 84 valence electrons. The van der Waals surface area contributed by atoms with Crippen molar-refractivity contribution in [1.29, 1.82) is 0 Å². The summed E-state index contributed by atoms with van der Waals surface area (Å²) in [5.74, 6) is 1.10. The van der Waals surface area contributed by atoms with Crippen molar-refractivity contribution in [3.05, 3.63) is 30.3 Å². The lowest BCUT2D eigenvalue weighted by atomic mass is 10.2. The Balaban J connectivity index is 2.25. The largest absolute Gasteiger partial charge is 0.389 e. The van der Waals surface area contributed by atoms with Gasteiger partial charge in [0.2, 0.25) is 0 Å². The van der Waals surface area contributed by atoms with Crippen molar-refractivity contribution in [3.63, 3.8) is 0 Å². The Morgan fingerprint density at radius 1 is 1.31 bits per heavy atom. The maximum absolute atomic E-state index is 5.99. The molecule has 0 saturated carbocycles. The number of thiazole rings is 1. The summed E-state index contributed by atoms with van der Waals surface area (Å²) >= 11 is 3.36. The summed E-state index contributed by atoms with van der Waals surface area (Å²) in [6, 6.07) is 10.1. The third kappa shape index (κ3) is 2.57. The molecule has 0 aliphatic carbocycles. The van der Waals surface area contributed by atoms with Gasteiger partial charge in [-0.3, -0.25) is 0 Å². The van der Waals surface area contributed by atoms with Crippen molar-refractivity contribution in [2.75, 3.05) is 11.5 Å². The Labute approximate surface area is 104 Å². The molecular formula is C12H14N2S2. The van der Waals surface area contributed by atoms with E-state index in [-0.39, 0.29) is 0 Å². The van der Waals surface area contributed by atoms with E-state index < -0.39 is 0 Å². The zero-order valence-electron chi connectivity index (χ0n) is 9.14. The first-order chi connectivity index (χ1) is 7.81. The summed E-state index contributed by atoms with van der Waals surface area (Å²) in [6.07, 6.45) is 1.16. The van der Waals surface area contributed by atoms with Gasteiger partial charge in [0.15, 0.2) is 4.34 Å². The van der Waals surface area contributed by atoms with Crippen molar-refractivity contribution in [2.24, 2.45) is 0 Å². The molecule has 0 bridgehead atoms. The van der Waals surface area contributed by atoms with Crippen LogP contribution in [0.5, 0.6) is 0 Å². The van der Waals surface area contributed by atoms with Gasteiger partial charge in [-0.25, -0.2) is 4.98 Å². The van der Waals surface area contributed by atoms with Gasteiger partial charge >= 0.3 is 0 Å². The van der Waals surface area contributed by atoms with E-state index in [1.807, 2.05) is 30.3 Å². The lowest BCUT2D eigenvalue weighted by Crippen LogP contribution is -1.84. The summed E-state index contributed by atoms with van der Waals surface area (Å²) in [5.41, 5.74) is 8.01. The Kier molecular flexibility index (Phi) is 3.85. The zero-order valence-corrected chi connectivity index (χ0v) is 10.8. The third-order valence-electron chi connectivity index (χ3n) is 2.11. The number of benzene rings is 1. The van der Waals surface area contributed by atoms with E-state index in [1.165, 1.54) is 0 Å². The van der Waals surface area contributed by atoms with Crippen molar-refractivity contribution >= 4 is 28.1 Å². The van der Waals surface area contributed by atoms with Crippen molar-refractivity contribution in [3.8, 4) is 11.3 Å². The number of nitrogens with zero attached hydrogens (tertiary/aromatic N) is 1. The molecule has 0 aliphatic heterocycles. The second kappa shape index (κ2) is 5.37. The molecule has 0 saturated heterocycles. The fraction of sp³-hybridized carbons (Fsp3) is 0.250. The molecule has 2 N–H and O–H groups in total. The quantitative estimate of drug-likeness (QED) is 0.837. The van der Waals surface area contributed by atoms with Gasteiger partial charge in [-0.15, -0.1) is 0 Å². The van der Waals surface area contributed by atoms with Crippen molar-refractivity contribution in [2.45, 2.75) is 17.7 Å². The lowest BCUT2D eigenvalue weighted by molar-refractivity contribution is 1.10. The molecule has 1 aromatic carbocycles. The summed E-state index contributed by atoms with van der Waals surface area (Å²) in [6.45, 7) is 2.17. The number of nitrogen functional groups attached to an aromatic ring is 1. The van der Waals surface area contributed by atoms with Crippen molar-refractivity contribution < 1.29 is 0 Å². The van der Waals surface area contributed by atoms with Gasteiger partial charge in [-0.05, 0) is 6.42 Å². The molecule has 0 unspecified atom stereocenters. The van der Waals surface area contributed by atoms with E-state index in [2.05, 4.69) is 11.9 Å². The summed E-state index contributed by atoms with van der Waals surface area (Å²) in [5, 5.41) is 0.810. The van der Waals surface area contributed by atoms with Crippen LogP contribution in [0.4, 0.5) is 5.00 Å². The van der Waals surface area contributed by atoms with Crippen molar-refractivity contribution in [1.82, 2.24) is 4.98 Å². The molecule has 0 radical (unpaired) electrons. The zero-order chi connectivity index (χ0) is 11.4. The molecule has 0 spiro atoms. The first kappa shape index (κ1) is 11.5. The van der Waals surface area contributed by atoms with Gasteiger partial charge in [0.1, 0.15) is 10.7 Å². The molecule has 0 amide bonds. The highest BCUT2D eigenvalue weighted by atomic mass is 32.2. The van der Waals surface area contributed by atoms with E-state index in [4.69, 9.17) is 5.73 Å². The second-order valence-corrected chi connectivity index (χ2v) is 5.78. The SMILES string of the molecule is CCCSc1nc(-c2ccccc2)c(N)s1. The van der Waals surface area contributed by atoms with Crippen LogP contribution in [-0.2, 0) is 0 Å². The number of anilines is 1. The fourth-order valence-electron chi connectivity index (χ4n) is 1.37. The first-order valence-corrected chi connectivity index (χ1v) is 7.06. The van der Waals surface area contributed by atoms with Gasteiger partial charge in [0, 0.05) is 11.3 Å². The predicted molar refractivity (Wildman–Crippen MR) is 73.0 cm³/mol. The molecule has 16 heavy (non-hydrogen) atoms. The molecular weight excluding hydrogens is 236 g/mol. The second-order valence-electron chi connectivity index (χ2n) is 3.41. The first-order valence-electron chi connectivity index (χ1n) is 5.25. The van der Waals surface area contributed by atoms with Crippen LogP contribution >= 0.6 is 23.1 Å². The van der Waals surface area contributed by atoms with Crippen LogP contribution in [0.3, 0.4) is 0 Å². The molecule has 4 heteroatoms. The van der Waals surface area contributed by atoms with Crippen LogP contribution in [0, 0.1) is 0 Å². The molecule has 2 nitrogen and oxygen atoms in total. The molecule has 2 rings (SSSR count). The van der Waals surface area contributed by atoms with Crippen LogP contribution in [0.15, 0.2) is 34.7 Å². The third-order valence-corrected chi connectivity index (χ3v) is 4.34. The highest BCUT2D eigenvalue weighted by Gasteiger charge is 2.09. The number of thioether (sulfide) groups is 1. The van der Waals surface area contributed by atoms with Crippen LogP contribution in [-0.4, -0.2) is 10.7 Å². The van der Waals surface area contributed by atoms with Gasteiger partial charge in [0.05, 0.1) is 0 Å². The van der Waals surface area contributed by atoms with Crippen LogP contribution in [0.1, 0.15) is 13.3 Å². The molecule has 1 aromatic heterocycles. The minimum Gasteiger partial charge on any atom is -0.389 e. The number of nitrogens with two attached hydrogens (primary N) is 1.